The zero-order valence-corrected chi connectivity index (χ0v) is 13.1. The molecule has 2 aromatic rings. The molecule has 2 rings (SSSR count). The van der Waals surface area contributed by atoms with Crippen molar-refractivity contribution in [1.29, 1.82) is 0 Å². The van der Waals surface area contributed by atoms with Gasteiger partial charge in [-0.05, 0) is 36.4 Å². The maximum Gasteiger partial charge on any atom is 0.416 e. The Morgan fingerprint density at radius 3 is 2.45 bits per heavy atom. The molecule has 0 aromatic heterocycles. The van der Waals surface area contributed by atoms with Crippen molar-refractivity contribution in [2.75, 3.05) is 17.3 Å². The molecule has 7 heteroatoms. The first-order valence-corrected chi connectivity index (χ1v) is 7.04. The molecule has 1 N–H and O–H groups in total. The zero-order valence-electron chi connectivity index (χ0n) is 11.5. The van der Waals surface area contributed by atoms with Gasteiger partial charge < -0.3 is 5.32 Å². The van der Waals surface area contributed by atoms with E-state index >= 15 is 0 Å². The van der Waals surface area contributed by atoms with Crippen LogP contribution in [0.4, 0.5) is 29.3 Å². The lowest BCUT2D eigenvalue weighted by molar-refractivity contribution is -0.137. The van der Waals surface area contributed by atoms with Crippen LogP contribution in [0.2, 0.25) is 0 Å². The third-order valence-electron chi connectivity index (χ3n) is 2.94. The quantitative estimate of drug-likeness (QED) is 0.777. The second-order valence-corrected chi connectivity index (χ2v) is 5.46. The summed E-state index contributed by atoms with van der Waals surface area (Å²) in [5, 5.41) is 2.44. The van der Waals surface area contributed by atoms with Crippen molar-refractivity contribution in [2.45, 2.75) is 6.18 Å². The topological polar surface area (TPSA) is 32.3 Å². The number of halogens is 4. The number of hydrogen-bond acceptors (Lipinski definition) is 1. The highest BCUT2D eigenvalue weighted by molar-refractivity contribution is 9.10. The van der Waals surface area contributed by atoms with Crippen molar-refractivity contribution in [3.05, 3.63) is 58.6 Å². The number of nitrogens with zero attached hydrogens (tertiary/aromatic N) is 1. The summed E-state index contributed by atoms with van der Waals surface area (Å²) in [4.78, 5) is 13.4. The van der Waals surface area contributed by atoms with Crippen LogP contribution < -0.4 is 10.2 Å². The van der Waals surface area contributed by atoms with E-state index in [4.69, 9.17) is 0 Å². The van der Waals surface area contributed by atoms with Gasteiger partial charge in [0.2, 0.25) is 0 Å². The molecule has 0 radical (unpaired) electrons. The number of carbonyl (C=O) groups is 1. The highest BCUT2D eigenvalue weighted by Gasteiger charge is 2.30. The molecule has 0 unspecified atom stereocenters. The fraction of sp³-hybridized carbons (Fsp3) is 0.133. The van der Waals surface area contributed by atoms with Crippen LogP contribution in [0.15, 0.2) is 53.0 Å². The lowest BCUT2D eigenvalue weighted by Crippen LogP contribution is -2.31. The Balaban J connectivity index is 2.15. The fourth-order valence-electron chi connectivity index (χ4n) is 1.78. The van der Waals surface area contributed by atoms with Gasteiger partial charge in [-0.2, -0.15) is 13.2 Å². The maximum atomic E-state index is 12.6. The number of hydrogen-bond donors (Lipinski definition) is 1. The van der Waals surface area contributed by atoms with Crippen LogP contribution in [0, 0.1) is 0 Å². The van der Waals surface area contributed by atoms with Crippen LogP contribution in [0.3, 0.4) is 0 Å². The maximum absolute atomic E-state index is 12.6. The van der Waals surface area contributed by atoms with E-state index in [0.29, 0.717) is 5.69 Å². The molecule has 0 aliphatic carbocycles. The Kier molecular flexibility index (Phi) is 4.75. The second kappa shape index (κ2) is 6.39. The van der Waals surface area contributed by atoms with Gasteiger partial charge in [0.25, 0.3) is 0 Å². The van der Waals surface area contributed by atoms with Gasteiger partial charge in [0.05, 0.1) is 5.56 Å². The minimum atomic E-state index is -4.45. The molecule has 0 heterocycles. The van der Waals surface area contributed by atoms with E-state index < -0.39 is 17.8 Å². The lowest BCUT2D eigenvalue weighted by Gasteiger charge is -2.19. The molecule has 0 fully saturated rings. The third-order valence-corrected chi connectivity index (χ3v) is 3.43. The zero-order chi connectivity index (χ0) is 16.3. The molecule has 0 saturated carbocycles. The number of rotatable bonds is 2. The summed E-state index contributed by atoms with van der Waals surface area (Å²) in [6.07, 6.45) is -4.45. The Labute approximate surface area is 133 Å². The molecule has 0 atom stereocenters. The summed E-state index contributed by atoms with van der Waals surface area (Å²) in [5.41, 5.74) is -0.115. The molecule has 0 aliphatic rings. The van der Waals surface area contributed by atoms with E-state index in [9.17, 15) is 18.0 Å². The van der Waals surface area contributed by atoms with Gasteiger partial charge >= 0.3 is 12.2 Å². The standard InChI is InChI=1S/C15H12BrF3N2O/c1-21(13-7-3-5-11(16)9-13)14(22)20-12-6-2-4-10(8-12)15(17,18)19/h2-9H,1H3,(H,20,22). The molecule has 2 amide bonds. The number of nitrogens with one attached hydrogen (secondary N) is 1. The normalized spacial score (nSPS) is 11.1. The molecular weight excluding hydrogens is 361 g/mol. The number of benzene rings is 2. The van der Waals surface area contributed by atoms with Crippen molar-refractivity contribution in [1.82, 2.24) is 0 Å². The van der Waals surface area contributed by atoms with Crippen LogP contribution in [-0.2, 0) is 6.18 Å². The monoisotopic (exact) mass is 372 g/mol. The fourth-order valence-corrected chi connectivity index (χ4v) is 2.17. The molecule has 22 heavy (non-hydrogen) atoms. The van der Waals surface area contributed by atoms with Crippen LogP contribution in [-0.4, -0.2) is 13.1 Å². The van der Waals surface area contributed by atoms with E-state index in [2.05, 4.69) is 21.2 Å². The van der Waals surface area contributed by atoms with Crippen molar-refractivity contribution in [3.8, 4) is 0 Å². The Morgan fingerprint density at radius 1 is 1.14 bits per heavy atom. The van der Waals surface area contributed by atoms with Crippen LogP contribution >= 0.6 is 15.9 Å². The van der Waals surface area contributed by atoms with Gasteiger partial charge in [0.1, 0.15) is 0 Å². The molecule has 0 spiro atoms. The lowest BCUT2D eigenvalue weighted by atomic mass is 10.2. The molecule has 2 aromatic carbocycles. The Morgan fingerprint density at radius 2 is 1.82 bits per heavy atom. The van der Waals surface area contributed by atoms with Gasteiger partial charge in [-0.3, -0.25) is 4.90 Å². The van der Waals surface area contributed by atoms with Gasteiger partial charge in [0, 0.05) is 22.9 Å². The molecule has 116 valence electrons. The average molecular weight is 373 g/mol. The third kappa shape index (κ3) is 4.00. The van der Waals surface area contributed by atoms with Crippen LogP contribution in [0.1, 0.15) is 5.56 Å². The number of anilines is 2. The highest BCUT2D eigenvalue weighted by Crippen LogP contribution is 2.30. The summed E-state index contributed by atoms with van der Waals surface area (Å²) in [6, 6.07) is 11.0. The van der Waals surface area contributed by atoms with E-state index in [1.165, 1.54) is 24.1 Å². The number of carbonyl (C=O) groups excluding carboxylic acids is 1. The number of urea groups is 1. The molecule has 0 bridgehead atoms. The Hall–Kier alpha value is -2.02. The molecule has 0 saturated heterocycles. The van der Waals surface area contributed by atoms with E-state index in [1.54, 1.807) is 18.2 Å². The highest BCUT2D eigenvalue weighted by atomic mass is 79.9. The average Bonchev–Trinajstić information content (AvgIpc) is 2.46. The summed E-state index contributed by atoms with van der Waals surface area (Å²) in [7, 11) is 1.53. The number of amides is 2. The van der Waals surface area contributed by atoms with Gasteiger partial charge in [-0.25, -0.2) is 4.79 Å². The molecule has 3 nitrogen and oxygen atoms in total. The smallest absolute Gasteiger partial charge is 0.308 e. The second-order valence-electron chi connectivity index (χ2n) is 4.55. The summed E-state index contributed by atoms with van der Waals surface area (Å²) >= 11 is 3.29. The number of alkyl halides is 3. The predicted octanol–water partition coefficient (Wildman–Crippen LogP) is 5.14. The van der Waals surface area contributed by atoms with Crippen molar-refractivity contribution in [3.63, 3.8) is 0 Å². The molecule has 0 aliphatic heterocycles. The van der Waals surface area contributed by atoms with Gasteiger partial charge in [-0.15, -0.1) is 0 Å². The minimum Gasteiger partial charge on any atom is -0.308 e. The largest absolute Gasteiger partial charge is 0.416 e. The van der Waals surface area contributed by atoms with Crippen molar-refractivity contribution in [2.24, 2.45) is 0 Å². The van der Waals surface area contributed by atoms with Crippen molar-refractivity contribution < 1.29 is 18.0 Å². The first-order valence-electron chi connectivity index (χ1n) is 6.25. The van der Waals surface area contributed by atoms with Crippen LogP contribution in [0.5, 0.6) is 0 Å². The van der Waals surface area contributed by atoms with Gasteiger partial charge in [-0.1, -0.05) is 28.1 Å². The minimum absolute atomic E-state index is 0.0849. The predicted molar refractivity (Wildman–Crippen MR) is 83.0 cm³/mol. The SMILES string of the molecule is CN(C(=O)Nc1cccc(C(F)(F)F)c1)c1cccc(Br)c1. The molecular formula is C15H12BrF3N2O. The van der Waals surface area contributed by atoms with E-state index in [1.807, 2.05) is 6.07 Å². The summed E-state index contributed by atoms with van der Waals surface area (Å²) in [6.45, 7) is 0. The first kappa shape index (κ1) is 16.4. The Bertz CT molecular complexity index is 688. The van der Waals surface area contributed by atoms with Crippen LogP contribution in [0.25, 0.3) is 0 Å². The summed E-state index contributed by atoms with van der Waals surface area (Å²) < 4.78 is 38.7. The van der Waals surface area contributed by atoms with E-state index in [0.717, 1.165) is 16.6 Å². The van der Waals surface area contributed by atoms with Crippen molar-refractivity contribution >= 4 is 33.3 Å². The van der Waals surface area contributed by atoms with E-state index in [-0.39, 0.29) is 5.69 Å². The summed E-state index contributed by atoms with van der Waals surface area (Å²) in [5.74, 6) is 0. The first-order chi connectivity index (χ1) is 10.3. The van der Waals surface area contributed by atoms with Gasteiger partial charge in [0.15, 0.2) is 0 Å².